The molecule has 0 spiro atoms. The van der Waals surface area contributed by atoms with Gasteiger partial charge in [-0.3, -0.25) is 4.79 Å². The Kier molecular flexibility index (Phi) is 14.4. The fraction of sp³-hybridized carbons (Fsp3) is 0.667. The molecule has 0 aliphatic rings. The van der Waals surface area contributed by atoms with Gasteiger partial charge in [-0.25, -0.2) is 4.79 Å². The maximum Gasteiger partial charge on any atom is 0.407 e. The summed E-state index contributed by atoms with van der Waals surface area (Å²) in [6.45, 7) is 6.69. The summed E-state index contributed by atoms with van der Waals surface area (Å²) >= 11 is 0. The molecule has 1 aromatic rings. The molecule has 0 radical (unpaired) electrons. The van der Waals surface area contributed by atoms with E-state index in [1.807, 2.05) is 37.4 Å². The molecular formula is C24H40N2O4. The summed E-state index contributed by atoms with van der Waals surface area (Å²) in [5, 5.41) is 2.77. The van der Waals surface area contributed by atoms with E-state index in [1.54, 1.807) is 0 Å². The highest BCUT2D eigenvalue weighted by molar-refractivity contribution is 5.71. The highest BCUT2D eigenvalue weighted by atomic mass is 16.6. The topological polar surface area (TPSA) is 67.9 Å². The van der Waals surface area contributed by atoms with Crippen molar-refractivity contribution in [3.63, 3.8) is 0 Å². The molecule has 1 unspecified atom stereocenters. The molecule has 0 aliphatic carbocycles. The fourth-order valence-corrected chi connectivity index (χ4v) is 3.04. The van der Waals surface area contributed by atoms with Crippen LogP contribution >= 0.6 is 0 Å². The third-order valence-corrected chi connectivity index (χ3v) is 5.09. The summed E-state index contributed by atoms with van der Waals surface area (Å²) in [4.78, 5) is 26.5. The smallest absolute Gasteiger partial charge is 0.407 e. The van der Waals surface area contributed by atoms with Gasteiger partial charge in [-0.05, 0) is 32.0 Å². The lowest BCUT2D eigenvalue weighted by Gasteiger charge is -2.19. The minimum absolute atomic E-state index is 0.0874. The molecule has 6 heteroatoms. The van der Waals surface area contributed by atoms with Crippen molar-refractivity contribution in [3.8, 4) is 0 Å². The molecule has 1 aromatic carbocycles. The largest absolute Gasteiger partial charge is 0.461 e. The van der Waals surface area contributed by atoms with E-state index in [2.05, 4.69) is 24.1 Å². The molecular weight excluding hydrogens is 380 g/mol. The van der Waals surface area contributed by atoms with Gasteiger partial charge in [-0.1, -0.05) is 76.3 Å². The van der Waals surface area contributed by atoms with Gasteiger partial charge in [-0.2, -0.15) is 0 Å². The number of likely N-dealkylation sites (N-methyl/N-ethyl adjacent to an activating group) is 1. The van der Waals surface area contributed by atoms with Crippen molar-refractivity contribution in [3.05, 3.63) is 35.9 Å². The number of amides is 1. The number of hydrogen-bond donors (Lipinski definition) is 1. The standard InChI is InChI=1S/C24H40N2O4/c1-4-6-7-8-9-13-16-22(30-24(28)25-17-18-26(3)5-2)19-23(27)29-20-21-14-11-10-12-15-21/h10-12,14-15,22H,4-9,13,16-20H2,1-3H3,(H,25,28). The lowest BCUT2D eigenvalue weighted by molar-refractivity contribution is -0.147. The van der Waals surface area contributed by atoms with Crippen LogP contribution in [0.1, 0.15) is 70.8 Å². The van der Waals surface area contributed by atoms with E-state index >= 15 is 0 Å². The number of alkyl carbamates (subject to hydrolysis) is 1. The summed E-state index contributed by atoms with van der Waals surface area (Å²) in [5.74, 6) is -0.339. The summed E-state index contributed by atoms with van der Waals surface area (Å²) in [5.41, 5.74) is 0.942. The van der Waals surface area contributed by atoms with Crippen LogP contribution in [0.2, 0.25) is 0 Å². The minimum Gasteiger partial charge on any atom is -0.461 e. The number of unbranched alkanes of at least 4 members (excludes halogenated alkanes) is 5. The molecule has 6 nitrogen and oxygen atoms in total. The Morgan fingerprint density at radius 2 is 1.73 bits per heavy atom. The normalized spacial score (nSPS) is 11.9. The van der Waals surface area contributed by atoms with Crippen molar-refractivity contribution < 1.29 is 19.1 Å². The first-order valence-electron chi connectivity index (χ1n) is 11.4. The Labute approximate surface area is 182 Å². The molecule has 0 aliphatic heterocycles. The predicted molar refractivity (Wildman–Crippen MR) is 120 cm³/mol. The Balaban J connectivity index is 2.43. The zero-order valence-electron chi connectivity index (χ0n) is 19.0. The van der Waals surface area contributed by atoms with Gasteiger partial charge in [0, 0.05) is 13.1 Å². The number of carbonyl (C=O) groups excluding carboxylic acids is 2. The van der Waals surface area contributed by atoms with Crippen LogP contribution in [0.5, 0.6) is 0 Å². The molecule has 0 heterocycles. The third-order valence-electron chi connectivity index (χ3n) is 5.09. The van der Waals surface area contributed by atoms with Gasteiger partial charge >= 0.3 is 12.1 Å². The van der Waals surface area contributed by atoms with Gasteiger partial charge in [0.25, 0.3) is 0 Å². The average Bonchev–Trinajstić information content (AvgIpc) is 2.75. The van der Waals surface area contributed by atoms with E-state index in [0.717, 1.165) is 31.5 Å². The van der Waals surface area contributed by atoms with Crippen LogP contribution in [0.4, 0.5) is 4.79 Å². The number of hydrogen-bond acceptors (Lipinski definition) is 5. The van der Waals surface area contributed by atoms with E-state index in [-0.39, 0.29) is 19.0 Å². The number of nitrogens with zero attached hydrogens (tertiary/aromatic N) is 1. The molecule has 1 rings (SSSR count). The van der Waals surface area contributed by atoms with E-state index in [9.17, 15) is 9.59 Å². The molecule has 30 heavy (non-hydrogen) atoms. The maximum absolute atomic E-state index is 12.3. The van der Waals surface area contributed by atoms with E-state index in [1.165, 1.54) is 25.7 Å². The van der Waals surface area contributed by atoms with Crippen molar-refractivity contribution in [1.29, 1.82) is 0 Å². The Bertz CT molecular complexity index is 580. The van der Waals surface area contributed by atoms with Crippen LogP contribution in [0.3, 0.4) is 0 Å². The Morgan fingerprint density at radius 1 is 1.03 bits per heavy atom. The molecule has 170 valence electrons. The Hall–Kier alpha value is -2.08. The lowest BCUT2D eigenvalue weighted by atomic mass is 10.1. The van der Waals surface area contributed by atoms with Crippen molar-refractivity contribution in [1.82, 2.24) is 10.2 Å². The van der Waals surface area contributed by atoms with Crippen LogP contribution in [0.25, 0.3) is 0 Å². The second-order valence-corrected chi connectivity index (χ2v) is 7.76. The summed E-state index contributed by atoms with van der Waals surface area (Å²) in [7, 11) is 2.00. The highest BCUT2D eigenvalue weighted by Gasteiger charge is 2.19. The summed E-state index contributed by atoms with van der Waals surface area (Å²) < 4.78 is 10.9. The second kappa shape index (κ2) is 16.7. The third kappa shape index (κ3) is 13.2. The first-order chi connectivity index (χ1) is 14.5. The second-order valence-electron chi connectivity index (χ2n) is 7.76. The molecule has 1 atom stereocenters. The number of nitrogens with one attached hydrogen (secondary N) is 1. The first kappa shape index (κ1) is 26.0. The monoisotopic (exact) mass is 420 g/mol. The van der Waals surface area contributed by atoms with E-state index in [4.69, 9.17) is 9.47 Å². The lowest BCUT2D eigenvalue weighted by Crippen LogP contribution is -2.35. The number of ether oxygens (including phenoxy) is 2. The quantitative estimate of drug-likeness (QED) is 0.304. The fourth-order valence-electron chi connectivity index (χ4n) is 3.04. The average molecular weight is 421 g/mol. The molecule has 0 fully saturated rings. The van der Waals surface area contributed by atoms with Crippen molar-refractivity contribution >= 4 is 12.1 Å². The van der Waals surface area contributed by atoms with Gasteiger partial charge < -0.3 is 19.7 Å². The van der Waals surface area contributed by atoms with Gasteiger partial charge in [0.15, 0.2) is 0 Å². The van der Waals surface area contributed by atoms with Gasteiger partial charge in [0.1, 0.15) is 12.7 Å². The van der Waals surface area contributed by atoms with Crippen LogP contribution in [0, 0.1) is 0 Å². The van der Waals surface area contributed by atoms with Crippen molar-refractivity contribution in [2.75, 3.05) is 26.7 Å². The molecule has 1 N–H and O–H groups in total. The molecule has 1 amide bonds. The zero-order valence-corrected chi connectivity index (χ0v) is 19.0. The first-order valence-corrected chi connectivity index (χ1v) is 11.4. The SMILES string of the molecule is CCCCCCCCC(CC(=O)OCc1ccccc1)OC(=O)NCCN(C)CC. The van der Waals surface area contributed by atoms with Gasteiger partial charge in [0.2, 0.25) is 0 Å². The molecule has 0 saturated heterocycles. The van der Waals surface area contributed by atoms with E-state index < -0.39 is 12.2 Å². The van der Waals surface area contributed by atoms with E-state index in [0.29, 0.717) is 13.0 Å². The minimum atomic E-state index is -0.466. The van der Waals surface area contributed by atoms with Crippen LogP contribution in [-0.4, -0.2) is 49.7 Å². The molecule has 0 bridgehead atoms. The maximum atomic E-state index is 12.3. The molecule has 0 aromatic heterocycles. The number of rotatable bonds is 16. The Morgan fingerprint density at radius 3 is 2.43 bits per heavy atom. The van der Waals surface area contributed by atoms with Crippen molar-refractivity contribution in [2.24, 2.45) is 0 Å². The number of esters is 1. The molecule has 0 saturated carbocycles. The zero-order chi connectivity index (χ0) is 22.0. The summed E-state index contributed by atoms with van der Waals surface area (Å²) in [6.07, 6.45) is 6.73. The van der Waals surface area contributed by atoms with Gasteiger partial charge in [0.05, 0.1) is 6.42 Å². The summed E-state index contributed by atoms with van der Waals surface area (Å²) in [6, 6.07) is 9.57. The number of benzene rings is 1. The van der Waals surface area contributed by atoms with Crippen LogP contribution < -0.4 is 5.32 Å². The van der Waals surface area contributed by atoms with Crippen molar-refractivity contribution in [2.45, 2.75) is 77.9 Å². The van der Waals surface area contributed by atoms with Gasteiger partial charge in [-0.15, -0.1) is 0 Å². The van der Waals surface area contributed by atoms with Crippen LogP contribution in [-0.2, 0) is 20.9 Å². The van der Waals surface area contributed by atoms with Crippen LogP contribution in [0.15, 0.2) is 30.3 Å². The highest BCUT2D eigenvalue weighted by Crippen LogP contribution is 2.14. The number of carbonyl (C=O) groups is 2. The predicted octanol–water partition coefficient (Wildman–Crippen LogP) is 4.92.